The zero-order valence-electron chi connectivity index (χ0n) is 7.39. The van der Waals surface area contributed by atoms with Crippen LogP contribution in [0.5, 0.6) is 0 Å². The van der Waals surface area contributed by atoms with Crippen LogP contribution in [-0.2, 0) is 4.79 Å². The fraction of sp³-hybridized carbons (Fsp3) is 0.111. The molecule has 14 heavy (non-hydrogen) atoms. The summed E-state index contributed by atoms with van der Waals surface area (Å²) in [5, 5.41) is 0.106. The molecule has 72 valence electrons. The van der Waals surface area contributed by atoms with E-state index in [-0.39, 0.29) is 5.12 Å². The number of aromatic nitrogens is 1. The highest BCUT2D eigenvalue weighted by Gasteiger charge is 2.05. The number of nitrogens with zero attached hydrogens (tertiary/aromatic N) is 1. The van der Waals surface area contributed by atoms with Crippen molar-refractivity contribution in [1.29, 1.82) is 0 Å². The molecule has 1 aromatic carbocycles. The average molecular weight is 241 g/mol. The molecule has 1 aromatic heterocycles. The molecular weight excluding hydrogens is 234 g/mol. The quantitative estimate of drug-likeness (QED) is 0.752. The molecule has 0 N–H and O–H groups in total. The fourth-order valence-corrected chi connectivity index (χ4v) is 3.70. The fourth-order valence-electron chi connectivity index (χ4n) is 0.981. The number of hydrogen-bond donors (Lipinski definition) is 0. The van der Waals surface area contributed by atoms with E-state index in [1.165, 1.54) is 26.3 Å². The number of carbonyl (C=O) groups excluding carboxylic acids is 1. The van der Waals surface area contributed by atoms with Crippen molar-refractivity contribution >= 4 is 48.3 Å². The third-order valence-corrected chi connectivity index (χ3v) is 5.13. The molecule has 2 nitrogen and oxygen atoms in total. The largest absolute Gasteiger partial charge is 0.287 e. The van der Waals surface area contributed by atoms with Gasteiger partial charge < -0.3 is 0 Å². The minimum absolute atomic E-state index is 0.106. The Morgan fingerprint density at radius 3 is 2.93 bits per heavy atom. The first-order chi connectivity index (χ1) is 6.75. The van der Waals surface area contributed by atoms with Gasteiger partial charge >= 0.3 is 0 Å². The van der Waals surface area contributed by atoms with Gasteiger partial charge in [0.2, 0.25) is 0 Å². The summed E-state index contributed by atoms with van der Waals surface area (Å²) in [6.45, 7) is 1.56. The minimum Gasteiger partial charge on any atom is -0.287 e. The van der Waals surface area contributed by atoms with Crippen LogP contribution >= 0.6 is 32.9 Å². The van der Waals surface area contributed by atoms with Crippen LogP contribution in [0.1, 0.15) is 6.92 Å². The number of thiazole rings is 1. The predicted octanol–water partition coefficient (Wildman–Crippen LogP) is 3.58. The van der Waals surface area contributed by atoms with Crippen LogP contribution in [0.15, 0.2) is 28.6 Å². The topological polar surface area (TPSA) is 30.0 Å². The summed E-state index contributed by atoms with van der Waals surface area (Å²) < 4.78 is 2.10. The van der Waals surface area contributed by atoms with E-state index in [1.807, 2.05) is 24.3 Å². The van der Waals surface area contributed by atoms with E-state index in [0.29, 0.717) is 0 Å². The van der Waals surface area contributed by atoms with Crippen molar-refractivity contribution in [2.75, 3.05) is 0 Å². The molecule has 0 bridgehead atoms. The van der Waals surface area contributed by atoms with Crippen LogP contribution < -0.4 is 0 Å². The molecule has 0 spiro atoms. The number of benzene rings is 1. The van der Waals surface area contributed by atoms with Crippen LogP contribution in [0.3, 0.4) is 0 Å². The van der Waals surface area contributed by atoms with Crippen LogP contribution in [0.2, 0.25) is 0 Å². The molecular formula is C9H7NOS3. The monoisotopic (exact) mass is 241 g/mol. The maximum Gasteiger partial charge on any atom is 0.196 e. The SMILES string of the molecule is CC(=O)SSc1nc2ccccc2s1. The second kappa shape index (κ2) is 4.33. The van der Waals surface area contributed by atoms with Crippen LogP contribution in [-0.4, -0.2) is 10.1 Å². The van der Waals surface area contributed by atoms with Crippen molar-refractivity contribution in [1.82, 2.24) is 4.98 Å². The third kappa shape index (κ3) is 2.29. The Kier molecular flexibility index (Phi) is 3.10. The summed E-state index contributed by atoms with van der Waals surface area (Å²) in [6, 6.07) is 7.98. The Balaban J connectivity index is 2.22. The molecule has 2 rings (SSSR count). The number of hydrogen-bond acceptors (Lipinski definition) is 5. The standard InChI is InChI=1S/C9H7NOS3/c1-6(11)13-14-9-10-7-4-2-3-5-8(7)12-9/h2-5H,1H3. The van der Waals surface area contributed by atoms with Gasteiger partial charge in [-0.25, -0.2) is 4.98 Å². The van der Waals surface area contributed by atoms with Gasteiger partial charge in [-0.2, -0.15) is 0 Å². The molecule has 0 unspecified atom stereocenters. The van der Waals surface area contributed by atoms with Gasteiger partial charge in [-0.3, -0.25) is 4.79 Å². The van der Waals surface area contributed by atoms with Gasteiger partial charge in [-0.15, -0.1) is 11.3 Å². The second-order valence-corrected chi connectivity index (χ2v) is 6.19. The van der Waals surface area contributed by atoms with E-state index in [4.69, 9.17) is 0 Å². The van der Waals surface area contributed by atoms with Gasteiger partial charge in [0.25, 0.3) is 0 Å². The van der Waals surface area contributed by atoms with Gasteiger partial charge in [0.15, 0.2) is 9.45 Å². The molecule has 0 atom stereocenters. The Bertz CT molecular complexity index is 433. The first kappa shape index (κ1) is 10.0. The lowest BCUT2D eigenvalue weighted by molar-refractivity contribution is -0.109. The highest BCUT2D eigenvalue weighted by molar-refractivity contribution is 8.82. The molecule has 0 saturated carbocycles. The van der Waals surface area contributed by atoms with Crippen molar-refractivity contribution in [3.63, 3.8) is 0 Å². The van der Waals surface area contributed by atoms with Gasteiger partial charge in [-0.05, 0) is 33.7 Å². The zero-order chi connectivity index (χ0) is 9.97. The first-order valence-corrected chi connectivity index (χ1v) is 6.93. The normalized spacial score (nSPS) is 10.6. The van der Waals surface area contributed by atoms with Crippen molar-refractivity contribution in [3.8, 4) is 0 Å². The van der Waals surface area contributed by atoms with Gasteiger partial charge in [0.1, 0.15) is 0 Å². The summed E-state index contributed by atoms with van der Waals surface area (Å²) in [6.07, 6.45) is 0. The van der Waals surface area contributed by atoms with Crippen LogP contribution in [0, 0.1) is 0 Å². The molecule has 1 heterocycles. The summed E-state index contributed by atoms with van der Waals surface area (Å²) in [5.74, 6) is 0. The maximum absolute atomic E-state index is 10.8. The molecule has 0 fully saturated rings. The van der Waals surface area contributed by atoms with Crippen LogP contribution in [0.25, 0.3) is 10.2 Å². The number of rotatable bonds is 2. The Morgan fingerprint density at radius 2 is 2.21 bits per heavy atom. The Morgan fingerprint density at radius 1 is 1.43 bits per heavy atom. The first-order valence-electron chi connectivity index (χ1n) is 3.96. The van der Waals surface area contributed by atoms with Crippen LogP contribution in [0.4, 0.5) is 0 Å². The van der Waals surface area contributed by atoms with E-state index < -0.39 is 0 Å². The summed E-state index contributed by atoms with van der Waals surface area (Å²) in [4.78, 5) is 15.1. The molecule has 0 amide bonds. The van der Waals surface area contributed by atoms with E-state index in [1.54, 1.807) is 18.3 Å². The number of para-hydroxylation sites is 1. The summed E-state index contributed by atoms with van der Waals surface area (Å²) in [7, 11) is 2.65. The lowest BCUT2D eigenvalue weighted by Crippen LogP contribution is -1.74. The van der Waals surface area contributed by atoms with E-state index in [2.05, 4.69) is 4.98 Å². The lowest BCUT2D eigenvalue weighted by atomic mass is 10.3. The number of fused-ring (bicyclic) bond motifs is 1. The smallest absolute Gasteiger partial charge is 0.196 e. The number of carbonyl (C=O) groups is 1. The lowest BCUT2D eigenvalue weighted by Gasteiger charge is -1.88. The van der Waals surface area contributed by atoms with E-state index in [9.17, 15) is 4.79 Å². The highest BCUT2D eigenvalue weighted by atomic mass is 33.1. The minimum atomic E-state index is 0.106. The molecule has 0 saturated heterocycles. The molecule has 0 radical (unpaired) electrons. The molecule has 0 aliphatic heterocycles. The van der Waals surface area contributed by atoms with Gasteiger partial charge in [0, 0.05) is 6.92 Å². The average Bonchev–Trinajstić information content (AvgIpc) is 2.57. The molecule has 2 aromatic rings. The molecule has 0 aliphatic carbocycles. The van der Waals surface area contributed by atoms with Crippen molar-refractivity contribution < 1.29 is 4.79 Å². The Hall–Kier alpha value is -0.520. The summed E-state index contributed by atoms with van der Waals surface area (Å²) in [5.41, 5.74) is 1.00. The third-order valence-electron chi connectivity index (χ3n) is 1.50. The second-order valence-electron chi connectivity index (χ2n) is 2.61. The zero-order valence-corrected chi connectivity index (χ0v) is 9.84. The van der Waals surface area contributed by atoms with Gasteiger partial charge in [0.05, 0.1) is 10.2 Å². The summed E-state index contributed by atoms with van der Waals surface area (Å²) >= 11 is 1.62. The molecule has 0 aliphatic rings. The van der Waals surface area contributed by atoms with Crippen molar-refractivity contribution in [2.24, 2.45) is 0 Å². The van der Waals surface area contributed by atoms with Gasteiger partial charge in [-0.1, -0.05) is 12.1 Å². The van der Waals surface area contributed by atoms with Crippen molar-refractivity contribution in [3.05, 3.63) is 24.3 Å². The highest BCUT2D eigenvalue weighted by Crippen LogP contribution is 2.36. The Labute approximate surface area is 93.5 Å². The van der Waals surface area contributed by atoms with E-state index >= 15 is 0 Å². The molecule has 5 heteroatoms. The predicted molar refractivity (Wildman–Crippen MR) is 63.7 cm³/mol. The maximum atomic E-state index is 10.8. The van der Waals surface area contributed by atoms with E-state index in [0.717, 1.165) is 9.86 Å². The van der Waals surface area contributed by atoms with Crippen molar-refractivity contribution in [2.45, 2.75) is 11.3 Å².